The smallest absolute Gasteiger partial charge is 0.337 e. The fourth-order valence-corrected chi connectivity index (χ4v) is 12.5. The highest BCUT2D eigenvalue weighted by Gasteiger charge is 2.70. The number of oxime groups is 1. The molecule has 0 spiro atoms. The van der Waals surface area contributed by atoms with Gasteiger partial charge in [-0.05, 0) is 139 Å². The molecule has 42 heavy (non-hydrogen) atoms. The van der Waals surface area contributed by atoms with Crippen molar-refractivity contribution >= 4 is 17.8 Å². The van der Waals surface area contributed by atoms with Gasteiger partial charge < -0.3 is 9.94 Å². The van der Waals surface area contributed by atoms with Gasteiger partial charge in [0.15, 0.2) is 0 Å². The molecule has 0 bridgehead atoms. The van der Waals surface area contributed by atoms with Crippen LogP contribution in [0.2, 0.25) is 0 Å². The van der Waals surface area contributed by atoms with Crippen LogP contribution in [0.1, 0.15) is 115 Å². The number of hydrogen-bond donors (Lipinski definition) is 1. The number of fused-ring (bicyclic) bond motifs is 7. The Bertz CT molecular complexity index is 1320. The Labute approximate surface area is 254 Å². The van der Waals surface area contributed by atoms with Crippen LogP contribution >= 0.6 is 0 Å². The second-order valence-electron chi connectivity index (χ2n) is 16.3. The molecule has 4 fully saturated rings. The number of methoxy groups -OCH3 is 1. The van der Waals surface area contributed by atoms with E-state index >= 15 is 0 Å². The van der Waals surface area contributed by atoms with Gasteiger partial charge in [0.2, 0.25) is 0 Å². The molecule has 9 atom stereocenters. The molecule has 0 saturated heterocycles. The van der Waals surface area contributed by atoms with Crippen molar-refractivity contribution in [3.05, 3.63) is 53.6 Å². The first-order chi connectivity index (χ1) is 19.8. The van der Waals surface area contributed by atoms with Crippen molar-refractivity contribution in [2.45, 2.75) is 99.3 Å². The van der Waals surface area contributed by atoms with Gasteiger partial charge >= 0.3 is 5.97 Å². The molecule has 5 aliphatic carbocycles. The SMILES string of the molecule is C=C(C)[C@@H]1CCC2(/C=N/O)CC[C@]3(C)[C@H](CC[C@@H]4[C@@]5(C)CC=C(c6ccc(C(=O)OC)cc6)C(C)(C)[C@@H]5CC[C@]43C)[C@@H]12. The van der Waals surface area contributed by atoms with Gasteiger partial charge in [-0.25, -0.2) is 4.79 Å². The Morgan fingerprint density at radius 1 is 0.952 bits per heavy atom. The summed E-state index contributed by atoms with van der Waals surface area (Å²) >= 11 is 0. The Hall–Kier alpha value is -2.36. The van der Waals surface area contributed by atoms with Gasteiger partial charge in [-0.3, -0.25) is 0 Å². The molecule has 1 aromatic rings. The maximum absolute atomic E-state index is 12.1. The highest BCUT2D eigenvalue weighted by atomic mass is 16.5. The van der Waals surface area contributed by atoms with E-state index in [2.05, 4.69) is 71.5 Å². The van der Waals surface area contributed by atoms with Crippen LogP contribution in [-0.4, -0.2) is 24.5 Å². The van der Waals surface area contributed by atoms with E-state index in [-0.39, 0.29) is 33.0 Å². The highest BCUT2D eigenvalue weighted by Crippen LogP contribution is 2.77. The van der Waals surface area contributed by atoms with E-state index in [1.54, 1.807) is 0 Å². The molecule has 6 rings (SSSR count). The van der Waals surface area contributed by atoms with Crippen LogP contribution in [0.5, 0.6) is 0 Å². The third-order valence-electron chi connectivity index (χ3n) is 14.6. The summed E-state index contributed by atoms with van der Waals surface area (Å²) in [7, 11) is 1.44. The van der Waals surface area contributed by atoms with E-state index in [1.807, 2.05) is 18.3 Å². The first-order valence-corrected chi connectivity index (χ1v) is 16.5. The number of carbonyl (C=O) groups is 1. The van der Waals surface area contributed by atoms with Crippen LogP contribution in [-0.2, 0) is 4.74 Å². The van der Waals surface area contributed by atoms with Crippen molar-refractivity contribution in [1.29, 1.82) is 0 Å². The molecule has 4 heteroatoms. The molecular weight excluding hydrogens is 518 g/mol. The molecule has 1 unspecified atom stereocenters. The van der Waals surface area contributed by atoms with Crippen molar-refractivity contribution in [3.8, 4) is 0 Å². The molecule has 1 N–H and O–H groups in total. The van der Waals surface area contributed by atoms with Gasteiger partial charge in [0.05, 0.1) is 18.9 Å². The summed E-state index contributed by atoms with van der Waals surface area (Å²) in [5.41, 5.74) is 5.50. The molecule has 1 aromatic carbocycles. The van der Waals surface area contributed by atoms with E-state index in [9.17, 15) is 10.0 Å². The first kappa shape index (κ1) is 29.7. The van der Waals surface area contributed by atoms with Crippen LogP contribution in [0.25, 0.3) is 5.57 Å². The van der Waals surface area contributed by atoms with Crippen molar-refractivity contribution in [1.82, 2.24) is 0 Å². The van der Waals surface area contributed by atoms with Crippen LogP contribution in [0, 0.1) is 56.7 Å². The molecule has 0 radical (unpaired) electrons. The lowest BCUT2D eigenvalue weighted by Gasteiger charge is -2.72. The predicted molar refractivity (Wildman–Crippen MR) is 170 cm³/mol. The Morgan fingerprint density at radius 2 is 1.67 bits per heavy atom. The largest absolute Gasteiger partial charge is 0.465 e. The fourth-order valence-electron chi connectivity index (χ4n) is 12.5. The number of ether oxygens (including phenoxy) is 1. The molecule has 228 valence electrons. The summed E-state index contributed by atoms with van der Waals surface area (Å²) in [4.78, 5) is 12.1. The molecule has 0 aromatic heterocycles. The lowest BCUT2D eigenvalue weighted by Crippen LogP contribution is -2.65. The Balaban J connectivity index is 1.35. The highest BCUT2D eigenvalue weighted by molar-refractivity contribution is 5.90. The maximum atomic E-state index is 12.1. The minimum Gasteiger partial charge on any atom is -0.465 e. The lowest BCUT2D eigenvalue weighted by molar-refractivity contribution is -0.219. The monoisotopic (exact) mass is 571 g/mol. The molecular formula is C38H53NO3. The topological polar surface area (TPSA) is 58.9 Å². The molecule has 0 aliphatic heterocycles. The van der Waals surface area contributed by atoms with Gasteiger partial charge in [-0.1, -0.05) is 65.0 Å². The van der Waals surface area contributed by atoms with E-state index in [0.29, 0.717) is 35.2 Å². The lowest BCUT2D eigenvalue weighted by atomic mass is 9.32. The standard InChI is InChI=1S/C38H53NO3/c1-24(2)27-15-20-38(23-39-41)22-21-36(6)29(32(27)38)13-14-31-35(5)18-16-28(25-9-11-26(12-10-25)33(40)42-8)34(3,4)30(35)17-19-37(31,36)7/h9-12,16,23,27,29-32,41H,1,13-15,17-22H2,2-8H3/b39-23+/t27-,29+,30-,31+,32+,35-,36+,37+,38?/m0/s1. The zero-order valence-corrected chi connectivity index (χ0v) is 27.1. The number of benzene rings is 1. The third-order valence-corrected chi connectivity index (χ3v) is 14.6. The molecule has 0 amide bonds. The van der Waals surface area contributed by atoms with Gasteiger partial charge in [-0.2, -0.15) is 0 Å². The van der Waals surface area contributed by atoms with Crippen LogP contribution in [0.4, 0.5) is 0 Å². The normalized spacial score (nSPS) is 43.9. The van der Waals surface area contributed by atoms with E-state index in [0.717, 1.165) is 19.3 Å². The van der Waals surface area contributed by atoms with Crippen molar-refractivity contribution < 1.29 is 14.7 Å². The number of carbonyl (C=O) groups excluding carboxylic acids is 1. The number of rotatable bonds is 4. The average Bonchev–Trinajstić information content (AvgIpc) is 3.33. The fraction of sp³-hybridized carbons (Fsp3) is 0.684. The summed E-state index contributed by atoms with van der Waals surface area (Å²) in [5, 5.41) is 13.5. The Kier molecular flexibility index (Phi) is 6.95. The van der Waals surface area contributed by atoms with Crippen LogP contribution in [0.3, 0.4) is 0 Å². The summed E-state index contributed by atoms with van der Waals surface area (Å²) in [6, 6.07) is 8.06. The number of nitrogens with zero attached hydrogens (tertiary/aromatic N) is 1. The summed E-state index contributed by atoms with van der Waals surface area (Å²) in [6.45, 7) is 19.6. The molecule has 4 nitrogen and oxygen atoms in total. The Morgan fingerprint density at radius 3 is 2.31 bits per heavy atom. The summed E-state index contributed by atoms with van der Waals surface area (Å²) < 4.78 is 4.93. The molecule has 5 aliphatic rings. The van der Waals surface area contributed by atoms with Crippen molar-refractivity contribution in [2.24, 2.45) is 61.8 Å². The quantitative estimate of drug-likeness (QED) is 0.129. The van der Waals surface area contributed by atoms with Crippen molar-refractivity contribution in [3.63, 3.8) is 0 Å². The van der Waals surface area contributed by atoms with Crippen LogP contribution < -0.4 is 0 Å². The van der Waals surface area contributed by atoms with Gasteiger partial charge in [0.1, 0.15) is 0 Å². The third kappa shape index (κ3) is 3.84. The molecule has 4 saturated carbocycles. The number of hydrogen-bond acceptors (Lipinski definition) is 4. The van der Waals surface area contributed by atoms with Gasteiger partial charge in [-0.15, -0.1) is 5.16 Å². The van der Waals surface area contributed by atoms with E-state index in [4.69, 9.17) is 4.74 Å². The zero-order valence-electron chi connectivity index (χ0n) is 27.1. The summed E-state index contributed by atoms with van der Waals surface area (Å²) in [6.07, 6.45) is 15.4. The van der Waals surface area contributed by atoms with Crippen LogP contribution in [0.15, 0.2) is 47.6 Å². The number of allylic oxidation sites excluding steroid dienone is 3. The molecule has 0 heterocycles. The number of esters is 1. The van der Waals surface area contributed by atoms with E-state index < -0.39 is 0 Å². The van der Waals surface area contributed by atoms with Gasteiger partial charge in [0.25, 0.3) is 0 Å². The summed E-state index contributed by atoms with van der Waals surface area (Å²) in [5.74, 6) is 2.73. The predicted octanol–water partition coefficient (Wildman–Crippen LogP) is 9.58. The van der Waals surface area contributed by atoms with Crippen molar-refractivity contribution in [2.75, 3.05) is 7.11 Å². The zero-order chi connectivity index (χ0) is 30.3. The minimum absolute atomic E-state index is 0.0285. The van der Waals surface area contributed by atoms with E-state index in [1.165, 1.54) is 62.3 Å². The van der Waals surface area contributed by atoms with Gasteiger partial charge in [0, 0.05) is 5.41 Å². The minimum atomic E-state index is -0.280. The maximum Gasteiger partial charge on any atom is 0.337 e. The first-order valence-electron chi connectivity index (χ1n) is 16.5. The second kappa shape index (κ2) is 9.83. The second-order valence-corrected chi connectivity index (χ2v) is 16.3. The average molecular weight is 572 g/mol.